The molecule has 326 valence electrons. The van der Waals surface area contributed by atoms with Gasteiger partial charge in [-0.15, -0.1) is 0 Å². The topological polar surface area (TPSA) is 453 Å². The van der Waals surface area contributed by atoms with Gasteiger partial charge in [0.05, 0.1) is 24.7 Å². The van der Waals surface area contributed by atoms with Crippen LogP contribution in [-0.4, -0.2) is 214 Å². The molecule has 24 N–H and O–H groups in total. The average molecular weight is 815 g/mol. The van der Waals surface area contributed by atoms with Crippen molar-refractivity contribution in [3.63, 3.8) is 0 Å². The third-order valence-electron chi connectivity index (χ3n) is 10.3. The van der Waals surface area contributed by atoms with E-state index in [1.54, 1.807) is 0 Å². The van der Waals surface area contributed by atoms with Gasteiger partial charge in [-0.1, -0.05) is 0 Å². The Morgan fingerprint density at radius 2 is 1.34 bits per heavy atom. The molecule has 4 aliphatic rings. The molecule has 3 heterocycles. The molecular weight excluding hydrogens is 752 g/mol. The number of aliphatic hydroxyl groups is 8. The van der Waals surface area contributed by atoms with Crippen molar-refractivity contribution in [2.75, 3.05) is 39.3 Å². The Labute approximate surface area is 322 Å². The van der Waals surface area contributed by atoms with E-state index in [0.717, 1.165) is 0 Å². The number of amides is 1. The van der Waals surface area contributed by atoms with Crippen LogP contribution in [0.5, 0.6) is 0 Å². The maximum absolute atomic E-state index is 13.0. The van der Waals surface area contributed by atoms with Crippen LogP contribution in [0, 0.1) is 0 Å². The van der Waals surface area contributed by atoms with Crippen molar-refractivity contribution < 1.29 is 74.1 Å². The molecule has 3 aliphatic heterocycles. The molecular formula is C31H62N10O15. The molecule has 1 aliphatic carbocycles. The number of hydrogen-bond donors (Lipinski definition) is 17. The smallest absolute Gasteiger partial charge is 0.249 e. The van der Waals surface area contributed by atoms with Gasteiger partial charge in [-0.05, 0) is 25.9 Å². The quantitative estimate of drug-likeness (QED) is 0.0347. The highest BCUT2D eigenvalue weighted by atomic mass is 16.8. The first-order valence-corrected chi connectivity index (χ1v) is 18.6. The summed E-state index contributed by atoms with van der Waals surface area (Å²) in [5, 5.41) is 91.6. The van der Waals surface area contributed by atoms with Crippen molar-refractivity contribution in [3.05, 3.63) is 0 Å². The number of nitrogens with two attached hydrogens (primary N) is 7. The van der Waals surface area contributed by atoms with Crippen LogP contribution in [0.2, 0.25) is 0 Å². The number of guanidine groups is 1. The minimum atomic E-state index is -1.74. The zero-order chi connectivity index (χ0) is 41.4. The summed E-state index contributed by atoms with van der Waals surface area (Å²) >= 11 is 0. The van der Waals surface area contributed by atoms with Gasteiger partial charge in [0.1, 0.15) is 79.4 Å². The molecule has 4 rings (SSSR count). The van der Waals surface area contributed by atoms with Crippen LogP contribution in [0.4, 0.5) is 0 Å². The molecule has 0 aromatic carbocycles. The van der Waals surface area contributed by atoms with Crippen LogP contribution in [0.3, 0.4) is 0 Å². The minimum Gasteiger partial charge on any atom is -0.394 e. The third kappa shape index (κ3) is 11.2. The van der Waals surface area contributed by atoms with Crippen molar-refractivity contribution in [1.82, 2.24) is 10.6 Å². The predicted molar refractivity (Wildman–Crippen MR) is 191 cm³/mol. The van der Waals surface area contributed by atoms with Crippen LogP contribution in [0.25, 0.3) is 0 Å². The number of carbonyl (C=O) groups excluding carboxylic acids is 1. The van der Waals surface area contributed by atoms with E-state index in [1.807, 2.05) is 0 Å². The summed E-state index contributed by atoms with van der Waals surface area (Å²) in [4.78, 5) is 16.7. The third-order valence-corrected chi connectivity index (χ3v) is 10.3. The summed E-state index contributed by atoms with van der Waals surface area (Å²) in [7, 11) is 0. The Morgan fingerprint density at radius 1 is 0.768 bits per heavy atom. The second-order valence-corrected chi connectivity index (χ2v) is 14.4. The molecule has 1 saturated carbocycles. The number of nitrogens with zero attached hydrogens (tertiary/aromatic N) is 1. The molecule has 3 saturated heterocycles. The van der Waals surface area contributed by atoms with Crippen molar-refractivity contribution in [2.45, 2.75) is 142 Å². The van der Waals surface area contributed by atoms with E-state index in [9.17, 15) is 45.6 Å². The molecule has 0 aromatic heterocycles. The molecule has 0 aromatic rings. The Morgan fingerprint density at radius 3 is 1.93 bits per heavy atom. The zero-order valence-corrected chi connectivity index (χ0v) is 30.8. The molecule has 0 bridgehead atoms. The van der Waals surface area contributed by atoms with Gasteiger partial charge in [-0.3, -0.25) is 9.79 Å². The van der Waals surface area contributed by atoms with Crippen molar-refractivity contribution >= 4 is 11.9 Å². The van der Waals surface area contributed by atoms with Gasteiger partial charge in [0, 0.05) is 32.1 Å². The summed E-state index contributed by atoms with van der Waals surface area (Å²) in [5.74, 6) is -1.14. The molecule has 0 unspecified atom stereocenters. The average Bonchev–Trinajstić information content (AvgIpc) is 3.46. The predicted octanol–water partition coefficient (Wildman–Crippen LogP) is -10.7. The number of aliphatic hydroxyl groups excluding tert-OH is 8. The SMILES string of the molecule is NCCCNC[C@H]1O[C@H](O[C@H]2[C@H](O[C@@H]3O[C@H](CO)[C@@H](O[C@H]4O[C@@H](CN)[C@@H](O)[C@H](O)[C@H]4N)[C@H]3O)[C@@H](O)[C@H](NC(=O)[C@@H](O)CCN=C(N)N)C[C@@H]2N)[C@H](N)[C@@H](O)[C@@H]1O. The second kappa shape index (κ2) is 21.3. The van der Waals surface area contributed by atoms with Gasteiger partial charge in [-0.25, -0.2) is 0 Å². The summed E-state index contributed by atoms with van der Waals surface area (Å²) in [6.45, 7) is -0.0496. The molecule has 25 nitrogen and oxygen atoms in total. The van der Waals surface area contributed by atoms with Crippen molar-refractivity contribution in [3.8, 4) is 0 Å². The molecule has 0 spiro atoms. The Kier molecular flexibility index (Phi) is 17.7. The molecule has 1 amide bonds. The number of nitrogens with one attached hydrogen (secondary N) is 2. The van der Waals surface area contributed by atoms with Gasteiger partial charge >= 0.3 is 0 Å². The first-order chi connectivity index (χ1) is 26.5. The van der Waals surface area contributed by atoms with Gasteiger partial charge in [0.2, 0.25) is 5.91 Å². The number of rotatable bonds is 18. The summed E-state index contributed by atoms with van der Waals surface area (Å²) in [6.07, 6.45) is -23.0. The van der Waals surface area contributed by atoms with E-state index < -0.39 is 135 Å². The summed E-state index contributed by atoms with van der Waals surface area (Å²) in [5.41, 5.74) is 40.7. The lowest BCUT2D eigenvalue weighted by molar-refractivity contribution is -0.308. The van der Waals surface area contributed by atoms with Crippen LogP contribution < -0.4 is 50.8 Å². The molecule has 20 atom stereocenters. The van der Waals surface area contributed by atoms with Gasteiger partial charge in [0.25, 0.3) is 0 Å². The minimum absolute atomic E-state index is 0.0755. The standard InChI is InChI=1S/C31H62N10O15/c32-3-1-4-39-8-14-20(46)22(48)17(36)29(52-14)54-24-10(34)6-11(41-27(50)12(43)2-5-40-31(37)38)18(44)26(24)56-30-23(49)25(15(9-42)53-30)55-28-16(35)21(47)19(45)13(7-33)51-28/h10-26,28-30,39,42-49H,1-9,32-36H2,(H,41,50)(H4,37,38,40)/t10-,11+,12-,13-,14+,15+,16+,17+,18-,19+,20+,21+,22+,23+,24+,25+,26+,28+,29+,30-/m0/s1. The number of ether oxygens (including phenoxy) is 6. The summed E-state index contributed by atoms with van der Waals surface area (Å²) < 4.78 is 35.6. The Bertz CT molecular complexity index is 1250. The zero-order valence-electron chi connectivity index (χ0n) is 30.8. The van der Waals surface area contributed by atoms with Crippen LogP contribution >= 0.6 is 0 Å². The van der Waals surface area contributed by atoms with Gasteiger partial charge in [-0.2, -0.15) is 0 Å². The lowest BCUT2D eigenvalue weighted by atomic mass is 9.83. The first-order valence-electron chi connectivity index (χ1n) is 18.6. The second-order valence-electron chi connectivity index (χ2n) is 14.4. The van der Waals surface area contributed by atoms with Crippen LogP contribution in [0.1, 0.15) is 19.3 Å². The highest BCUT2D eigenvalue weighted by Crippen LogP contribution is 2.35. The lowest BCUT2D eigenvalue weighted by Gasteiger charge is -2.48. The highest BCUT2D eigenvalue weighted by Gasteiger charge is 2.55. The lowest BCUT2D eigenvalue weighted by Crippen LogP contribution is -2.69. The highest BCUT2D eigenvalue weighted by molar-refractivity contribution is 5.81. The number of aliphatic imine (C=N–C) groups is 1. The maximum Gasteiger partial charge on any atom is 0.249 e. The molecule has 4 fully saturated rings. The molecule has 25 heteroatoms. The fraction of sp³-hybridized carbons (Fsp3) is 0.935. The van der Waals surface area contributed by atoms with E-state index in [-0.39, 0.29) is 38.4 Å². The molecule has 0 radical (unpaired) electrons. The van der Waals surface area contributed by atoms with E-state index in [4.69, 9.17) is 68.6 Å². The van der Waals surface area contributed by atoms with Crippen molar-refractivity contribution in [1.29, 1.82) is 0 Å². The Hall–Kier alpha value is -2.06. The fourth-order valence-electron chi connectivity index (χ4n) is 7.02. The van der Waals surface area contributed by atoms with Crippen molar-refractivity contribution in [2.24, 2.45) is 45.1 Å². The first kappa shape index (κ1) is 46.6. The maximum atomic E-state index is 13.0. The number of hydrogen-bond acceptors (Lipinski definition) is 22. The largest absolute Gasteiger partial charge is 0.394 e. The van der Waals surface area contributed by atoms with Gasteiger partial charge < -0.3 is 120 Å². The van der Waals surface area contributed by atoms with E-state index in [2.05, 4.69) is 15.6 Å². The van der Waals surface area contributed by atoms with E-state index >= 15 is 0 Å². The monoisotopic (exact) mass is 814 g/mol. The Balaban J connectivity index is 1.56. The summed E-state index contributed by atoms with van der Waals surface area (Å²) in [6, 6.07) is -4.93. The molecule has 56 heavy (non-hydrogen) atoms. The van der Waals surface area contributed by atoms with E-state index in [1.165, 1.54) is 0 Å². The van der Waals surface area contributed by atoms with E-state index in [0.29, 0.717) is 19.5 Å². The fourth-order valence-corrected chi connectivity index (χ4v) is 7.02. The van der Waals surface area contributed by atoms with Crippen LogP contribution in [0.15, 0.2) is 4.99 Å². The van der Waals surface area contributed by atoms with Gasteiger partial charge in [0.15, 0.2) is 24.8 Å². The normalized spacial score (nSPS) is 43.6. The van der Waals surface area contributed by atoms with Crippen LogP contribution in [-0.2, 0) is 33.2 Å². The number of carbonyl (C=O) groups is 1.